The van der Waals surface area contributed by atoms with E-state index in [9.17, 15) is 0 Å². The summed E-state index contributed by atoms with van der Waals surface area (Å²) < 4.78 is 0. The van der Waals surface area contributed by atoms with Gasteiger partial charge < -0.3 is 0 Å². The van der Waals surface area contributed by atoms with Crippen molar-refractivity contribution in [3.8, 4) is 0 Å². The molecule has 0 aliphatic carbocycles. The lowest BCUT2D eigenvalue weighted by Crippen LogP contribution is -1.47. The molecule has 46 valence electrons. The van der Waals surface area contributed by atoms with Gasteiger partial charge >= 0.3 is 0 Å². The molecule has 0 heteroatoms. The van der Waals surface area contributed by atoms with Crippen molar-refractivity contribution in [1.29, 1.82) is 0 Å². The standard InChI is InChI=1S/C4H10.C2H4.CH4/c1-3-4-2;1-2;/h3-4H2,1-2H3;1-2H2;1H4. The lowest BCUT2D eigenvalue weighted by molar-refractivity contribution is 0.886. The first-order chi connectivity index (χ1) is 2.91. The zero-order valence-corrected chi connectivity index (χ0v) is 4.83. The molecule has 0 aliphatic rings. The Balaban J connectivity index is -0.0000000480. The second-order valence-electron chi connectivity index (χ2n) is 1.000. The molecule has 0 unspecified atom stereocenters. The lowest BCUT2D eigenvalue weighted by Gasteiger charge is -1.68. The van der Waals surface area contributed by atoms with Crippen molar-refractivity contribution in [1.82, 2.24) is 0 Å². The van der Waals surface area contributed by atoms with Gasteiger partial charge in [0.15, 0.2) is 0 Å². The average molecular weight is 102 g/mol. The minimum absolute atomic E-state index is 0. The van der Waals surface area contributed by atoms with E-state index in [1.807, 2.05) is 0 Å². The van der Waals surface area contributed by atoms with Crippen LogP contribution in [-0.2, 0) is 0 Å². The Kier molecular flexibility index (Phi) is 96.6. The van der Waals surface area contributed by atoms with Gasteiger partial charge in [-0.15, -0.1) is 13.2 Å². The van der Waals surface area contributed by atoms with Gasteiger partial charge in [0.1, 0.15) is 0 Å². The van der Waals surface area contributed by atoms with Crippen LogP contribution in [0.25, 0.3) is 0 Å². The summed E-state index contributed by atoms with van der Waals surface area (Å²) in [6, 6.07) is 0. The minimum Gasteiger partial charge on any atom is -0.106 e. The van der Waals surface area contributed by atoms with Gasteiger partial charge in [-0.25, -0.2) is 0 Å². The molecule has 0 nitrogen and oxygen atoms in total. The van der Waals surface area contributed by atoms with Gasteiger partial charge in [0, 0.05) is 0 Å². The molecule has 0 bridgehead atoms. The molecule has 7 heavy (non-hydrogen) atoms. The van der Waals surface area contributed by atoms with Crippen molar-refractivity contribution in [3.05, 3.63) is 13.2 Å². The quantitative estimate of drug-likeness (QED) is 0.446. The fourth-order valence-electron chi connectivity index (χ4n) is 0. The van der Waals surface area contributed by atoms with Crippen molar-refractivity contribution >= 4 is 0 Å². The first-order valence-electron chi connectivity index (χ1n) is 2.41. The third kappa shape index (κ3) is 147. The van der Waals surface area contributed by atoms with E-state index in [0.717, 1.165) is 0 Å². The van der Waals surface area contributed by atoms with Crippen molar-refractivity contribution in [2.75, 3.05) is 0 Å². The summed E-state index contributed by atoms with van der Waals surface area (Å²) in [4.78, 5) is 0. The van der Waals surface area contributed by atoms with Gasteiger partial charge in [-0.05, 0) is 0 Å². The topological polar surface area (TPSA) is 0 Å². The number of rotatable bonds is 1. The van der Waals surface area contributed by atoms with Crippen molar-refractivity contribution in [3.63, 3.8) is 0 Å². The SMILES string of the molecule is C.C=C.CCCC. The summed E-state index contributed by atoms with van der Waals surface area (Å²) in [6.07, 6.45) is 2.64. The van der Waals surface area contributed by atoms with Crippen LogP contribution >= 0.6 is 0 Å². The molecule has 0 atom stereocenters. The molecular weight excluding hydrogens is 84.1 g/mol. The molecule has 0 amide bonds. The van der Waals surface area contributed by atoms with E-state index >= 15 is 0 Å². The minimum atomic E-state index is 0. The monoisotopic (exact) mass is 102 g/mol. The van der Waals surface area contributed by atoms with Gasteiger partial charge in [-0.3, -0.25) is 0 Å². The highest BCUT2D eigenvalue weighted by Gasteiger charge is 1.56. The smallest absolute Gasteiger partial charge is 0.0564 e. The third-order valence-corrected chi connectivity index (χ3v) is 0.500. The van der Waals surface area contributed by atoms with Crippen LogP contribution in [0.15, 0.2) is 13.2 Å². The van der Waals surface area contributed by atoms with Crippen LogP contribution < -0.4 is 0 Å². The molecule has 0 N–H and O–H groups in total. The second kappa shape index (κ2) is 42.6. The molecule has 0 saturated carbocycles. The van der Waals surface area contributed by atoms with Gasteiger partial charge in [-0.2, -0.15) is 0 Å². The highest BCUT2D eigenvalue weighted by Crippen LogP contribution is 1.76. The van der Waals surface area contributed by atoms with E-state index in [0.29, 0.717) is 0 Å². The first-order valence-corrected chi connectivity index (χ1v) is 2.41. The Bertz CT molecular complexity index is 7.51. The van der Waals surface area contributed by atoms with Crippen LogP contribution in [0, 0.1) is 0 Å². The predicted octanol–water partition coefficient (Wildman–Crippen LogP) is 3.24. The Morgan fingerprint density at radius 2 is 1.14 bits per heavy atom. The molecule has 0 aromatic rings. The lowest BCUT2D eigenvalue weighted by atomic mass is 10.4. The number of unbranched alkanes of at least 4 members (excludes halogenated alkanes) is 1. The fraction of sp³-hybridized carbons (Fsp3) is 0.714. The Hall–Kier alpha value is -0.260. The molecule has 0 aromatic heterocycles. The molecular formula is C7H18. The zero-order chi connectivity index (χ0) is 5.41. The molecule has 0 rings (SSSR count). The first kappa shape index (κ1) is 15.9. The molecule has 0 spiro atoms. The van der Waals surface area contributed by atoms with Crippen LogP contribution in [0.3, 0.4) is 0 Å². The van der Waals surface area contributed by atoms with E-state index in [1.54, 1.807) is 0 Å². The van der Waals surface area contributed by atoms with Crippen LogP contribution in [-0.4, -0.2) is 0 Å². The molecule has 0 fully saturated rings. The summed E-state index contributed by atoms with van der Waals surface area (Å²) in [5.41, 5.74) is 0. The number of hydrogen-bond donors (Lipinski definition) is 0. The third-order valence-electron chi connectivity index (χ3n) is 0.500. The van der Waals surface area contributed by atoms with Gasteiger partial charge in [0.2, 0.25) is 0 Å². The Morgan fingerprint density at radius 3 is 1.14 bits per heavy atom. The molecule has 0 aromatic carbocycles. The Morgan fingerprint density at radius 1 is 1.00 bits per heavy atom. The van der Waals surface area contributed by atoms with Crippen LogP contribution in [0.1, 0.15) is 34.1 Å². The predicted molar refractivity (Wildman–Crippen MR) is 38.6 cm³/mol. The molecule has 0 aliphatic heterocycles. The highest BCUT2D eigenvalue weighted by molar-refractivity contribution is 4.22. The van der Waals surface area contributed by atoms with Crippen LogP contribution in [0.2, 0.25) is 0 Å². The van der Waals surface area contributed by atoms with Crippen molar-refractivity contribution in [2.24, 2.45) is 0 Å². The van der Waals surface area contributed by atoms with E-state index in [2.05, 4.69) is 27.0 Å². The maximum atomic E-state index is 3.00. The summed E-state index contributed by atoms with van der Waals surface area (Å²) in [6.45, 7) is 10.4. The highest BCUT2D eigenvalue weighted by atomic mass is 13.6. The largest absolute Gasteiger partial charge is 0.106 e. The van der Waals surface area contributed by atoms with Crippen molar-refractivity contribution < 1.29 is 0 Å². The molecule has 0 saturated heterocycles. The van der Waals surface area contributed by atoms with E-state index < -0.39 is 0 Å². The Labute approximate surface area is 48.3 Å². The zero-order valence-electron chi connectivity index (χ0n) is 4.83. The maximum absolute atomic E-state index is 3.00. The average Bonchev–Trinajstić information content (AvgIpc) is 1.72. The van der Waals surface area contributed by atoms with E-state index in [1.165, 1.54) is 12.8 Å². The summed E-state index contributed by atoms with van der Waals surface area (Å²) >= 11 is 0. The van der Waals surface area contributed by atoms with E-state index in [4.69, 9.17) is 0 Å². The normalized spacial score (nSPS) is 4.86. The van der Waals surface area contributed by atoms with Gasteiger partial charge in [0.25, 0.3) is 0 Å². The van der Waals surface area contributed by atoms with Crippen LogP contribution in [0.5, 0.6) is 0 Å². The maximum Gasteiger partial charge on any atom is -0.0564 e. The molecule has 0 heterocycles. The fourth-order valence-corrected chi connectivity index (χ4v) is 0. The molecule has 0 radical (unpaired) electrons. The summed E-state index contributed by atoms with van der Waals surface area (Å²) in [5, 5.41) is 0. The summed E-state index contributed by atoms with van der Waals surface area (Å²) in [5.74, 6) is 0. The van der Waals surface area contributed by atoms with Gasteiger partial charge in [-0.1, -0.05) is 34.1 Å². The second-order valence-corrected chi connectivity index (χ2v) is 1.000. The van der Waals surface area contributed by atoms with Gasteiger partial charge in [0.05, 0.1) is 0 Å². The summed E-state index contributed by atoms with van der Waals surface area (Å²) in [7, 11) is 0. The van der Waals surface area contributed by atoms with E-state index in [-0.39, 0.29) is 7.43 Å². The van der Waals surface area contributed by atoms with Crippen LogP contribution in [0.4, 0.5) is 0 Å². The number of hydrogen-bond acceptors (Lipinski definition) is 0. The van der Waals surface area contributed by atoms with Crippen molar-refractivity contribution in [2.45, 2.75) is 34.1 Å².